The highest BCUT2D eigenvalue weighted by molar-refractivity contribution is 5.69. The van der Waals surface area contributed by atoms with Crippen LogP contribution in [0.3, 0.4) is 0 Å². The molecule has 1 aliphatic carbocycles. The lowest BCUT2D eigenvalue weighted by atomic mass is 9.86. The van der Waals surface area contributed by atoms with Crippen LogP contribution in [0.15, 0.2) is 30.3 Å². The Bertz CT molecular complexity index is 615. The van der Waals surface area contributed by atoms with Crippen LogP contribution in [0.5, 0.6) is 5.75 Å². The predicted molar refractivity (Wildman–Crippen MR) is 104 cm³/mol. The van der Waals surface area contributed by atoms with Crippen molar-refractivity contribution in [1.82, 2.24) is 5.32 Å². The molecule has 1 unspecified atom stereocenters. The minimum absolute atomic E-state index is 0.152. The molecular weight excluding hydrogens is 326 g/mol. The summed E-state index contributed by atoms with van der Waals surface area (Å²) in [5.41, 5.74) is 2.52. The first-order valence-corrected chi connectivity index (χ1v) is 10.1. The van der Waals surface area contributed by atoms with E-state index in [2.05, 4.69) is 42.6 Å². The SMILES string of the molecule is CC[C@H]1CC[C@H](Oc2ccc(C3=CC(CCC(=O)O)NCC3)cc2)CC1. The lowest BCUT2D eigenvalue weighted by molar-refractivity contribution is -0.137. The summed E-state index contributed by atoms with van der Waals surface area (Å²) in [5, 5.41) is 12.2. The largest absolute Gasteiger partial charge is 0.490 e. The van der Waals surface area contributed by atoms with Crippen molar-refractivity contribution in [1.29, 1.82) is 0 Å². The molecule has 2 aliphatic rings. The third-order valence-corrected chi connectivity index (χ3v) is 5.77. The normalized spacial score (nSPS) is 26.2. The first-order chi connectivity index (χ1) is 12.6. The van der Waals surface area contributed by atoms with Crippen LogP contribution in [0.4, 0.5) is 0 Å². The standard InChI is InChI=1S/C22H31NO3/c1-2-16-3-8-20(9-4-16)26-21-10-5-17(6-11-21)18-13-14-23-19(15-18)7-12-22(24)25/h5-6,10-11,15-16,19-20,23H,2-4,7-9,12-14H2,1H3,(H,24,25)/t16-,19?,20-. The number of ether oxygens (including phenoxy) is 1. The van der Waals surface area contributed by atoms with E-state index in [1.54, 1.807) is 0 Å². The Hall–Kier alpha value is -1.81. The fourth-order valence-corrected chi connectivity index (χ4v) is 4.08. The first-order valence-electron chi connectivity index (χ1n) is 10.1. The minimum Gasteiger partial charge on any atom is -0.490 e. The maximum atomic E-state index is 10.8. The van der Waals surface area contributed by atoms with Crippen LogP contribution >= 0.6 is 0 Å². The van der Waals surface area contributed by atoms with E-state index in [-0.39, 0.29) is 12.5 Å². The Labute approximate surface area is 156 Å². The molecule has 4 nitrogen and oxygen atoms in total. The van der Waals surface area contributed by atoms with Gasteiger partial charge in [0.1, 0.15) is 5.75 Å². The lowest BCUT2D eigenvalue weighted by Gasteiger charge is -2.28. The highest BCUT2D eigenvalue weighted by Crippen LogP contribution is 2.30. The molecule has 4 heteroatoms. The average molecular weight is 357 g/mol. The van der Waals surface area contributed by atoms with Crippen LogP contribution in [-0.4, -0.2) is 29.8 Å². The van der Waals surface area contributed by atoms with Crippen molar-refractivity contribution >= 4 is 11.5 Å². The Balaban J connectivity index is 1.56. The second-order valence-corrected chi connectivity index (χ2v) is 7.63. The Kier molecular flexibility index (Phi) is 6.73. The second kappa shape index (κ2) is 9.22. The fraction of sp³-hybridized carbons (Fsp3) is 0.591. The maximum absolute atomic E-state index is 10.8. The summed E-state index contributed by atoms with van der Waals surface area (Å²) < 4.78 is 6.18. The van der Waals surface area contributed by atoms with Crippen molar-refractivity contribution in [2.75, 3.05) is 6.54 Å². The molecule has 0 saturated heterocycles. The van der Waals surface area contributed by atoms with E-state index >= 15 is 0 Å². The molecule has 1 aromatic carbocycles. The summed E-state index contributed by atoms with van der Waals surface area (Å²) in [4.78, 5) is 10.8. The van der Waals surface area contributed by atoms with E-state index < -0.39 is 5.97 Å². The topological polar surface area (TPSA) is 58.6 Å². The van der Waals surface area contributed by atoms with E-state index in [0.29, 0.717) is 12.5 Å². The van der Waals surface area contributed by atoms with Crippen LogP contribution in [0.2, 0.25) is 0 Å². The molecule has 1 aliphatic heterocycles. The molecule has 1 heterocycles. The van der Waals surface area contributed by atoms with Crippen LogP contribution in [0.1, 0.15) is 63.9 Å². The number of carboxylic acids is 1. The zero-order valence-corrected chi connectivity index (χ0v) is 15.7. The van der Waals surface area contributed by atoms with E-state index in [1.165, 1.54) is 43.2 Å². The molecule has 1 atom stereocenters. The van der Waals surface area contributed by atoms with Gasteiger partial charge in [0.15, 0.2) is 0 Å². The van der Waals surface area contributed by atoms with Crippen LogP contribution in [0, 0.1) is 5.92 Å². The van der Waals surface area contributed by atoms with Gasteiger partial charge in [0, 0.05) is 12.5 Å². The molecule has 0 aromatic heterocycles. The molecule has 142 valence electrons. The lowest BCUT2D eigenvalue weighted by Crippen LogP contribution is -2.32. The summed E-state index contributed by atoms with van der Waals surface area (Å²) in [6.07, 6.45) is 10.6. The number of aliphatic carboxylic acids is 1. The summed E-state index contributed by atoms with van der Waals surface area (Å²) >= 11 is 0. The van der Waals surface area contributed by atoms with Crippen LogP contribution < -0.4 is 10.1 Å². The summed E-state index contributed by atoms with van der Waals surface area (Å²) in [7, 11) is 0. The van der Waals surface area contributed by atoms with Crippen molar-refractivity contribution < 1.29 is 14.6 Å². The molecule has 1 aromatic rings. The number of rotatable bonds is 7. The molecule has 0 bridgehead atoms. The molecule has 26 heavy (non-hydrogen) atoms. The van der Waals surface area contributed by atoms with Gasteiger partial charge >= 0.3 is 5.97 Å². The van der Waals surface area contributed by atoms with Gasteiger partial charge in [0.25, 0.3) is 0 Å². The third kappa shape index (κ3) is 5.34. The van der Waals surface area contributed by atoms with Gasteiger partial charge in [-0.2, -0.15) is 0 Å². The number of hydrogen-bond acceptors (Lipinski definition) is 3. The monoisotopic (exact) mass is 357 g/mol. The highest BCUT2D eigenvalue weighted by Gasteiger charge is 2.21. The number of carboxylic acid groups (broad SMARTS) is 1. The van der Waals surface area contributed by atoms with Gasteiger partial charge in [-0.25, -0.2) is 0 Å². The average Bonchev–Trinajstić information content (AvgIpc) is 2.68. The van der Waals surface area contributed by atoms with Gasteiger partial charge in [0.2, 0.25) is 0 Å². The summed E-state index contributed by atoms with van der Waals surface area (Å²) in [5.74, 6) is 1.12. The first kappa shape index (κ1) is 19.0. The van der Waals surface area contributed by atoms with Crippen molar-refractivity contribution in [3.8, 4) is 5.75 Å². The molecule has 1 saturated carbocycles. The van der Waals surface area contributed by atoms with Gasteiger partial charge in [-0.15, -0.1) is 0 Å². The molecule has 1 fully saturated rings. The molecule has 0 amide bonds. The van der Waals surface area contributed by atoms with Gasteiger partial charge in [-0.1, -0.05) is 31.6 Å². The Morgan fingerprint density at radius 3 is 2.58 bits per heavy atom. The van der Waals surface area contributed by atoms with Crippen molar-refractivity contribution in [3.05, 3.63) is 35.9 Å². The van der Waals surface area contributed by atoms with Gasteiger partial charge < -0.3 is 15.2 Å². The molecule has 0 radical (unpaired) electrons. The maximum Gasteiger partial charge on any atom is 0.303 e. The van der Waals surface area contributed by atoms with Gasteiger partial charge in [0.05, 0.1) is 6.10 Å². The number of hydrogen-bond donors (Lipinski definition) is 2. The zero-order chi connectivity index (χ0) is 18.4. The van der Waals surface area contributed by atoms with E-state index in [0.717, 1.165) is 24.6 Å². The predicted octanol–water partition coefficient (Wildman–Crippen LogP) is 4.64. The van der Waals surface area contributed by atoms with Gasteiger partial charge in [-0.05, 0) is 74.3 Å². The Morgan fingerprint density at radius 1 is 1.19 bits per heavy atom. The van der Waals surface area contributed by atoms with Crippen molar-refractivity contribution in [2.24, 2.45) is 5.92 Å². The van der Waals surface area contributed by atoms with Crippen LogP contribution in [-0.2, 0) is 4.79 Å². The number of nitrogens with one attached hydrogen (secondary N) is 1. The highest BCUT2D eigenvalue weighted by atomic mass is 16.5. The van der Waals surface area contributed by atoms with E-state index in [1.807, 2.05) is 0 Å². The second-order valence-electron chi connectivity index (χ2n) is 7.63. The van der Waals surface area contributed by atoms with E-state index in [4.69, 9.17) is 9.84 Å². The van der Waals surface area contributed by atoms with Gasteiger partial charge in [-0.3, -0.25) is 4.79 Å². The van der Waals surface area contributed by atoms with Crippen LogP contribution in [0.25, 0.3) is 5.57 Å². The van der Waals surface area contributed by atoms with E-state index in [9.17, 15) is 4.79 Å². The summed E-state index contributed by atoms with van der Waals surface area (Å²) in [6.45, 7) is 3.18. The molecule has 3 rings (SSSR count). The Morgan fingerprint density at radius 2 is 1.92 bits per heavy atom. The summed E-state index contributed by atoms with van der Waals surface area (Å²) in [6, 6.07) is 8.59. The van der Waals surface area contributed by atoms with Crippen molar-refractivity contribution in [2.45, 2.75) is 70.4 Å². The minimum atomic E-state index is -0.734. The number of benzene rings is 1. The van der Waals surface area contributed by atoms with Crippen molar-refractivity contribution in [3.63, 3.8) is 0 Å². The fourth-order valence-electron chi connectivity index (χ4n) is 4.08. The molecule has 0 spiro atoms. The quantitative estimate of drug-likeness (QED) is 0.746. The zero-order valence-electron chi connectivity index (χ0n) is 15.7. The smallest absolute Gasteiger partial charge is 0.303 e. The third-order valence-electron chi connectivity index (χ3n) is 5.77. The molecule has 2 N–H and O–H groups in total. The molecular formula is C22H31NO3. The number of carbonyl (C=O) groups is 1.